The van der Waals surface area contributed by atoms with Crippen LogP contribution in [0.1, 0.15) is 18.4 Å². The van der Waals surface area contributed by atoms with E-state index in [-0.39, 0.29) is 5.91 Å². The lowest BCUT2D eigenvalue weighted by Crippen LogP contribution is -2.54. The van der Waals surface area contributed by atoms with E-state index in [1.54, 1.807) is 24.3 Å². The molecule has 1 aliphatic heterocycles. The van der Waals surface area contributed by atoms with Crippen LogP contribution in [-0.4, -0.2) is 35.7 Å². The third kappa shape index (κ3) is 4.14. The summed E-state index contributed by atoms with van der Waals surface area (Å²) in [5.74, 6) is -1.23. The van der Waals surface area contributed by atoms with Gasteiger partial charge in [-0.05, 0) is 36.6 Å². The van der Waals surface area contributed by atoms with Gasteiger partial charge in [0.15, 0.2) is 0 Å². The van der Waals surface area contributed by atoms with Gasteiger partial charge in [0.2, 0.25) is 5.91 Å². The molecule has 1 aliphatic rings. The number of amides is 1. The molecular formula is C15H18N2O4. The van der Waals surface area contributed by atoms with Crippen LogP contribution in [0.25, 0.3) is 6.08 Å². The lowest BCUT2D eigenvalue weighted by atomic mass is 9.90. The molecule has 2 rings (SSSR count). The molecule has 6 heteroatoms. The van der Waals surface area contributed by atoms with Crippen LogP contribution in [0.15, 0.2) is 30.3 Å². The van der Waals surface area contributed by atoms with E-state index in [4.69, 9.17) is 15.6 Å². The number of hydrogen-bond acceptors (Lipinski definition) is 4. The SMILES string of the molecule is NC1(C(=O)Nc2ccc(/C=C/C(=O)O)cc2)CCOCC1. The fraction of sp³-hybridized carbons (Fsp3) is 0.333. The first-order valence-electron chi connectivity index (χ1n) is 6.69. The molecule has 0 saturated carbocycles. The van der Waals surface area contributed by atoms with Gasteiger partial charge in [0.05, 0.1) is 0 Å². The maximum absolute atomic E-state index is 12.2. The number of carboxylic acid groups (broad SMARTS) is 1. The topological polar surface area (TPSA) is 102 Å². The van der Waals surface area contributed by atoms with Gasteiger partial charge in [0, 0.05) is 25.0 Å². The number of benzene rings is 1. The van der Waals surface area contributed by atoms with E-state index in [0.29, 0.717) is 31.7 Å². The quantitative estimate of drug-likeness (QED) is 0.724. The highest BCUT2D eigenvalue weighted by Crippen LogP contribution is 2.20. The zero-order chi connectivity index (χ0) is 15.3. The van der Waals surface area contributed by atoms with E-state index in [1.165, 1.54) is 6.08 Å². The van der Waals surface area contributed by atoms with Gasteiger partial charge >= 0.3 is 5.97 Å². The Morgan fingerprint density at radius 3 is 2.43 bits per heavy atom. The van der Waals surface area contributed by atoms with E-state index < -0.39 is 11.5 Å². The molecule has 1 saturated heterocycles. The molecule has 0 radical (unpaired) electrons. The van der Waals surface area contributed by atoms with Crippen molar-refractivity contribution in [3.8, 4) is 0 Å². The molecule has 0 bridgehead atoms. The first kappa shape index (κ1) is 15.2. The Balaban J connectivity index is 1.99. The fourth-order valence-electron chi connectivity index (χ4n) is 2.06. The smallest absolute Gasteiger partial charge is 0.328 e. The summed E-state index contributed by atoms with van der Waals surface area (Å²) in [6.07, 6.45) is 3.54. The van der Waals surface area contributed by atoms with Crippen LogP contribution >= 0.6 is 0 Å². The molecule has 0 spiro atoms. The van der Waals surface area contributed by atoms with Crippen molar-refractivity contribution in [2.75, 3.05) is 18.5 Å². The van der Waals surface area contributed by atoms with Crippen molar-refractivity contribution in [3.05, 3.63) is 35.9 Å². The molecular weight excluding hydrogens is 272 g/mol. The third-order valence-electron chi connectivity index (χ3n) is 3.42. The van der Waals surface area contributed by atoms with Crippen LogP contribution < -0.4 is 11.1 Å². The van der Waals surface area contributed by atoms with Gasteiger partial charge in [0.25, 0.3) is 0 Å². The Labute approximate surface area is 122 Å². The van der Waals surface area contributed by atoms with E-state index >= 15 is 0 Å². The van der Waals surface area contributed by atoms with Gasteiger partial charge < -0.3 is 20.9 Å². The summed E-state index contributed by atoms with van der Waals surface area (Å²) in [5.41, 5.74) is 6.57. The zero-order valence-electron chi connectivity index (χ0n) is 11.5. The summed E-state index contributed by atoms with van der Waals surface area (Å²) in [5, 5.41) is 11.3. The van der Waals surface area contributed by atoms with Crippen molar-refractivity contribution in [2.24, 2.45) is 5.73 Å². The predicted octanol–water partition coefficient (Wildman–Crippen LogP) is 1.23. The number of nitrogens with one attached hydrogen (secondary N) is 1. The Morgan fingerprint density at radius 2 is 1.86 bits per heavy atom. The standard InChI is InChI=1S/C15H18N2O4/c16-15(7-9-21-10-8-15)14(20)17-12-4-1-11(2-5-12)3-6-13(18)19/h1-6H,7-10,16H2,(H,17,20)(H,18,19)/b6-3+. The van der Waals surface area contributed by atoms with Crippen LogP contribution in [0.2, 0.25) is 0 Å². The van der Waals surface area contributed by atoms with Crippen molar-refractivity contribution >= 4 is 23.6 Å². The summed E-state index contributed by atoms with van der Waals surface area (Å²) in [4.78, 5) is 22.6. The highest BCUT2D eigenvalue weighted by atomic mass is 16.5. The van der Waals surface area contributed by atoms with E-state index in [1.807, 2.05) is 0 Å². The monoisotopic (exact) mass is 290 g/mol. The second kappa shape index (κ2) is 6.51. The lowest BCUT2D eigenvalue weighted by molar-refractivity contribution is -0.131. The summed E-state index contributed by atoms with van der Waals surface area (Å²) in [7, 11) is 0. The number of carbonyl (C=O) groups is 2. The van der Waals surface area contributed by atoms with Crippen LogP contribution in [-0.2, 0) is 14.3 Å². The number of ether oxygens (including phenoxy) is 1. The van der Waals surface area contributed by atoms with Crippen LogP contribution in [0, 0.1) is 0 Å². The number of aliphatic carboxylic acids is 1. The minimum Gasteiger partial charge on any atom is -0.478 e. The maximum Gasteiger partial charge on any atom is 0.328 e. The van der Waals surface area contributed by atoms with Crippen molar-refractivity contribution in [3.63, 3.8) is 0 Å². The maximum atomic E-state index is 12.2. The number of hydrogen-bond donors (Lipinski definition) is 3. The van der Waals surface area contributed by atoms with Gasteiger partial charge in [-0.3, -0.25) is 4.79 Å². The number of anilines is 1. The predicted molar refractivity (Wildman–Crippen MR) is 78.7 cm³/mol. The molecule has 0 unspecified atom stereocenters. The zero-order valence-corrected chi connectivity index (χ0v) is 11.5. The van der Waals surface area contributed by atoms with Gasteiger partial charge in [-0.25, -0.2) is 4.79 Å². The van der Waals surface area contributed by atoms with Crippen LogP contribution in [0.4, 0.5) is 5.69 Å². The molecule has 1 heterocycles. The average Bonchev–Trinajstić information content (AvgIpc) is 2.47. The van der Waals surface area contributed by atoms with Crippen molar-refractivity contribution < 1.29 is 19.4 Å². The Kier molecular flexibility index (Phi) is 4.72. The molecule has 1 amide bonds. The molecule has 1 aromatic rings. The van der Waals surface area contributed by atoms with Crippen LogP contribution in [0.3, 0.4) is 0 Å². The van der Waals surface area contributed by atoms with Gasteiger partial charge in [-0.15, -0.1) is 0 Å². The summed E-state index contributed by atoms with van der Waals surface area (Å²) >= 11 is 0. The Bertz CT molecular complexity index is 545. The number of carboxylic acids is 1. The summed E-state index contributed by atoms with van der Waals surface area (Å²) in [6.45, 7) is 0.978. The molecule has 0 atom stereocenters. The molecule has 4 N–H and O–H groups in total. The van der Waals surface area contributed by atoms with Crippen molar-refractivity contribution in [1.82, 2.24) is 0 Å². The van der Waals surface area contributed by atoms with Gasteiger partial charge in [-0.2, -0.15) is 0 Å². The average molecular weight is 290 g/mol. The van der Waals surface area contributed by atoms with Gasteiger partial charge in [-0.1, -0.05) is 12.1 Å². The normalized spacial score (nSPS) is 17.6. The van der Waals surface area contributed by atoms with Crippen molar-refractivity contribution in [1.29, 1.82) is 0 Å². The Morgan fingerprint density at radius 1 is 1.24 bits per heavy atom. The second-order valence-corrected chi connectivity index (χ2v) is 5.02. The molecule has 1 aromatic carbocycles. The molecule has 1 fully saturated rings. The van der Waals surface area contributed by atoms with Crippen LogP contribution in [0.5, 0.6) is 0 Å². The Hall–Kier alpha value is -2.18. The molecule has 6 nitrogen and oxygen atoms in total. The molecule has 0 aliphatic carbocycles. The van der Waals surface area contributed by atoms with Gasteiger partial charge in [0.1, 0.15) is 5.54 Å². The second-order valence-electron chi connectivity index (χ2n) is 5.02. The molecule has 0 aromatic heterocycles. The summed E-state index contributed by atoms with van der Waals surface area (Å²) < 4.78 is 5.21. The minimum absolute atomic E-state index is 0.223. The highest BCUT2D eigenvalue weighted by molar-refractivity contribution is 5.98. The number of carbonyl (C=O) groups excluding carboxylic acids is 1. The largest absolute Gasteiger partial charge is 0.478 e. The molecule has 21 heavy (non-hydrogen) atoms. The fourth-order valence-corrected chi connectivity index (χ4v) is 2.06. The first-order chi connectivity index (χ1) is 9.99. The third-order valence-corrected chi connectivity index (χ3v) is 3.42. The minimum atomic E-state index is -1.00. The van der Waals surface area contributed by atoms with E-state index in [9.17, 15) is 9.59 Å². The summed E-state index contributed by atoms with van der Waals surface area (Å²) in [6, 6.07) is 6.87. The first-order valence-corrected chi connectivity index (χ1v) is 6.69. The molecule has 112 valence electrons. The number of rotatable bonds is 4. The lowest BCUT2D eigenvalue weighted by Gasteiger charge is -2.31. The number of nitrogens with two attached hydrogens (primary N) is 1. The van der Waals surface area contributed by atoms with E-state index in [2.05, 4.69) is 5.32 Å². The van der Waals surface area contributed by atoms with Crippen molar-refractivity contribution in [2.45, 2.75) is 18.4 Å². The van der Waals surface area contributed by atoms with E-state index in [0.717, 1.165) is 11.6 Å². The highest BCUT2D eigenvalue weighted by Gasteiger charge is 2.35.